The summed E-state index contributed by atoms with van der Waals surface area (Å²) in [5.41, 5.74) is 6.65. The van der Waals surface area contributed by atoms with Gasteiger partial charge in [0.1, 0.15) is 5.75 Å². The summed E-state index contributed by atoms with van der Waals surface area (Å²) < 4.78 is 6.42. The Kier molecular flexibility index (Phi) is 5.62. The van der Waals surface area contributed by atoms with Gasteiger partial charge in [-0.3, -0.25) is 0 Å². The Balaban J connectivity index is 3.00. The number of nitrogens with two attached hydrogens (primary N) is 1. The molecule has 1 rings (SSSR count). The number of benzene rings is 1. The van der Waals surface area contributed by atoms with Gasteiger partial charge >= 0.3 is 5.97 Å². The monoisotopic (exact) mass is 315 g/mol. The summed E-state index contributed by atoms with van der Waals surface area (Å²) in [6, 6.07) is 5.25. The van der Waals surface area contributed by atoms with Crippen LogP contribution in [0.5, 0.6) is 5.75 Å². The summed E-state index contributed by atoms with van der Waals surface area (Å²) in [4.78, 5) is 11.1. The third-order valence-electron chi connectivity index (χ3n) is 2.56. The van der Waals surface area contributed by atoms with E-state index in [0.29, 0.717) is 12.2 Å². The Hall–Kier alpha value is -1.07. The second kappa shape index (κ2) is 6.75. The molecule has 0 fully saturated rings. The van der Waals surface area contributed by atoms with Gasteiger partial charge in [-0.15, -0.1) is 0 Å². The largest absolute Gasteiger partial charge is 0.479 e. The molecule has 0 spiro atoms. The van der Waals surface area contributed by atoms with Crippen molar-refractivity contribution in [2.75, 3.05) is 0 Å². The standard InChI is InChI=1S/C13H18BrNO3/c1-3-4-11(13(16)17)18-12-7-9(14)5-6-10(12)8(2)15/h5-8,11H,3-4,15H2,1-2H3,(H,16,17)/t8-,11?/m0/s1. The second-order valence-electron chi connectivity index (χ2n) is 4.20. The number of aliphatic carboxylic acids is 1. The van der Waals surface area contributed by atoms with E-state index in [9.17, 15) is 4.79 Å². The highest BCUT2D eigenvalue weighted by Gasteiger charge is 2.20. The number of carboxylic acids is 1. The lowest BCUT2D eigenvalue weighted by Crippen LogP contribution is -2.27. The van der Waals surface area contributed by atoms with Crippen molar-refractivity contribution in [2.45, 2.75) is 38.8 Å². The summed E-state index contributed by atoms with van der Waals surface area (Å²) in [5.74, 6) is -0.423. The van der Waals surface area contributed by atoms with Crippen LogP contribution < -0.4 is 10.5 Å². The van der Waals surface area contributed by atoms with E-state index in [1.807, 2.05) is 26.0 Å². The number of rotatable bonds is 6. The zero-order chi connectivity index (χ0) is 13.7. The quantitative estimate of drug-likeness (QED) is 0.846. The van der Waals surface area contributed by atoms with Gasteiger partial charge in [-0.05, 0) is 25.5 Å². The van der Waals surface area contributed by atoms with Gasteiger partial charge in [0.25, 0.3) is 0 Å². The molecule has 0 saturated carbocycles. The Labute approximate surface area is 115 Å². The number of carboxylic acid groups (broad SMARTS) is 1. The van der Waals surface area contributed by atoms with Crippen LogP contribution in [-0.2, 0) is 4.79 Å². The number of carbonyl (C=O) groups is 1. The van der Waals surface area contributed by atoms with Crippen LogP contribution in [0, 0.1) is 0 Å². The van der Waals surface area contributed by atoms with Gasteiger partial charge < -0.3 is 15.6 Å². The van der Waals surface area contributed by atoms with E-state index in [4.69, 9.17) is 15.6 Å². The molecule has 1 aromatic carbocycles. The molecular formula is C13H18BrNO3. The molecule has 1 unspecified atom stereocenters. The first-order valence-corrected chi connectivity index (χ1v) is 6.69. The highest BCUT2D eigenvalue weighted by molar-refractivity contribution is 9.10. The van der Waals surface area contributed by atoms with Gasteiger partial charge in [0.15, 0.2) is 6.10 Å². The van der Waals surface area contributed by atoms with Crippen LogP contribution in [0.25, 0.3) is 0 Å². The smallest absolute Gasteiger partial charge is 0.344 e. The van der Waals surface area contributed by atoms with Crippen molar-refractivity contribution in [1.29, 1.82) is 0 Å². The lowest BCUT2D eigenvalue weighted by molar-refractivity contribution is -0.145. The molecule has 0 amide bonds. The predicted molar refractivity (Wildman–Crippen MR) is 73.7 cm³/mol. The Morgan fingerprint density at radius 1 is 1.56 bits per heavy atom. The molecule has 0 aromatic heterocycles. The van der Waals surface area contributed by atoms with E-state index in [0.717, 1.165) is 16.5 Å². The summed E-state index contributed by atoms with van der Waals surface area (Å²) in [6.07, 6.45) is 0.389. The highest BCUT2D eigenvalue weighted by Crippen LogP contribution is 2.29. The van der Waals surface area contributed by atoms with Gasteiger partial charge in [-0.25, -0.2) is 4.79 Å². The maximum Gasteiger partial charge on any atom is 0.344 e. The molecule has 18 heavy (non-hydrogen) atoms. The Bertz CT molecular complexity index is 421. The van der Waals surface area contributed by atoms with E-state index in [1.54, 1.807) is 6.07 Å². The lowest BCUT2D eigenvalue weighted by atomic mass is 10.1. The van der Waals surface area contributed by atoms with Gasteiger partial charge in [-0.2, -0.15) is 0 Å². The van der Waals surface area contributed by atoms with Crippen molar-refractivity contribution < 1.29 is 14.6 Å². The maximum atomic E-state index is 11.1. The summed E-state index contributed by atoms with van der Waals surface area (Å²) in [7, 11) is 0. The minimum absolute atomic E-state index is 0.204. The van der Waals surface area contributed by atoms with Crippen molar-refractivity contribution in [3.63, 3.8) is 0 Å². The van der Waals surface area contributed by atoms with Crippen LogP contribution in [0.4, 0.5) is 0 Å². The molecule has 5 heteroatoms. The predicted octanol–water partition coefficient (Wildman–Crippen LogP) is 3.10. The van der Waals surface area contributed by atoms with Crippen molar-refractivity contribution >= 4 is 21.9 Å². The van der Waals surface area contributed by atoms with Crippen molar-refractivity contribution in [3.05, 3.63) is 28.2 Å². The topological polar surface area (TPSA) is 72.5 Å². The molecule has 0 aliphatic carbocycles. The fourth-order valence-corrected chi connectivity index (χ4v) is 1.97. The van der Waals surface area contributed by atoms with Crippen LogP contribution in [0.3, 0.4) is 0 Å². The molecule has 2 atom stereocenters. The normalized spacial score (nSPS) is 14.0. The van der Waals surface area contributed by atoms with Crippen LogP contribution >= 0.6 is 15.9 Å². The lowest BCUT2D eigenvalue weighted by Gasteiger charge is -2.19. The Morgan fingerprint density at radius 3 is 2.72 bits per heavy atom. The highest BCUT2D eigenvalue weighted by atomic mass is 79.9. The zero-order valence-corrected chi connectivity index (χ0v) is 12.1. The van der Waals surface area contributed by atoms with Crippen LogP contribution in [0.1, 0.15) is 38.3 Å². The van der Waals surface area contributed by atoms with E-state index in [2.05, 4.69) is 15.9 Å². The molecule has 0 saturated heterocycles. The summed E-state index contributed by atoms with van der Waals surface area (Å²) in [5, 5.41) is 9.10. The number of hydrogen-bond donors (Lipinski definition) is 2. The third-order valence-corrected chi connectivity index (χ3v) is 3.05. The molecule has 1 aromatic rings. The van der Waals surface area contributed by atoms with Crippen LogP contribution in [0.15, 0.2) is 22.7 Å². The van der Waals surface area contributed by atoms with Gasteiger partial charge in [0.2, 0.25) is 0 Å². The minimum atomic E-state index is -0.951. The van der Waals surface area contributed by atoms with E-state index in [1.165, 1.54) is 0 Å². The molecule has 0 aliphatic heterocycles. The molecule has 0 bridgehead atoms. The number of halogens is 1. The SMILES string of the molecule is CCCC(Oc1cc(Br)ccc1[C@H](C)N)C(=O)O. The number of ether oxygens (including phenoxy) is 1. The van der Waals surface area contributed by atoms with Gasteiger partial charge in [0.05, 0.1) is 0 Å². The van der Waals surface area contributed by atoms with Gasteiger partial charge in [-0.1, -0.05) is 35.3 Å². The third kappa shape index (κ3) is 3.99. The molecular weight excluding hydrogens is 298 g/mol. The average Bonchev–Trinajstić information content (AvgIpc) is 2.28. The van der Waals surface area contributed by atoms with E-state index < -0.39 is 12.1 Å². The van der Waals surface area contributed by atoms with Gasteiger partial charge in [0, 0.05) is 16.1 Å². The molecule has 0 aliphatic rings. The summed E-state index contributed by atoms with van der Waals surface area (Å²) >= 11 is 3.34. The first kappa shape index (κ1) is 15.0. The minimum Gasteiger partial charge on any atom is -0.479 e. The van der Waals surface area contributed by atoms with E-state index in [-0.39, 0.29) is 6.04 Å². The number of hydrogen-bond acceptors (Lipinski definition) is 3. The first-order chi connectivity index (χ1) is 8.45. The first-order valence-electron chi connectivity index (χ1n) is 5.90. The molecule has 4 nitrogen and oxygen atoms in total. The fraction of sp³-hybridized carbons (Fsp3) is 0.462. The summed E-state index contributed by atoms with van der Waals surface area (Å²) in [6.45, 7) is 3.76. The van der Waals surface area contributed by atoms with Crippen LogP contribution in [0.2, 0.25) is 0 Å². The average molecular weight is 316 g/mol. The zero-order valence-electron chi connectivity index (χ0n) is 10.5. The van der Waals surface area contributed by atoms with Crippen LogP contribution in [-0.4, -0.2) is 17.2 Å². The molecule has 0 heterocycles. The Morgan fingerprint density at radius 2 is 2.22 bits per heavy atom. The fourth-order valence-electron chi connectivity index (χ4n) is 1.63. The second-order valence-corrected chi connectivity index (χ2v) is 5.12. The van der Waals surface area contributed by atoms with Crippen molar-refractivity contribution in [3.8, 4) is 5.75 Å². The van der Waals surface area contributed by atoms with E-state index >= 15 is 0 Å². The maximum absolute atomic E-state index is 11.1. The van der Waals surface area contributed by atoms with Crippen molar-refractivity contribution in [1.82, 2.24) is 0 Å². The molecule has 3 N–H and O–H groups in total. The molecule has 100 valence electrons. The van der Waals surface area contributed by atoms with Crippen molar-refractivity contribution in [2.24, 2.45) is 5.73 Å². The molecule has 0 radical (unpaired) electrons.